The van der Waals surface area contributed by atoms with Gasteiger partial charge in [0.15, 0.2) is 12.2 Å². The number of aliphatic hydroxyl groups is 1. The van der Waals surface area contributed by atoms with Crippen LogP contribution in [0.25, 0.3) is 0 Å². The molecule has 0 saturated carbocycles. The van der Waals surface area contributed by atoms with E-state index in [1.165, 1.54) is 244 Å². The summed E-state index contributed by atoms with van der Waals surface area (Å²) in [6.07, 6.45) is 63.8. The standard InChI is InChI=1S/C84H164O17P2/c1-8-12-13-14-15-16-17-26-34-39-44-53-60-67-84(89)101-80(72-95-82(87)66-59-52-47-46-50-57-64-77(7)11-4)74-99-103(92,93)97-70-78(85)69-96-102(90,91)98-73-79(71-94-81(86)65-58-51-43-38-33-29-25-24-28-32-37-42-49-56-63-76(6)10-3)100-83(88)68-61-54-45-40-35-30-23-21-19-18-20-22-27-31-36-41-48-55-62-75(5)9-2/h75-80,85H,8-74H2,1-7H3,(H,90,91)(H,92,93)/t75?,76?,77?,78-,79-,80-/m1/s1. The van der Waals surface area contributed by atoms with E-state index in [9.17, 15) is 43.2 Å². The van der Waals surface area contributed by atoms with Crippen molar-refractivity contribution >= 4 is 39.5 Å². The van der Waals surface area contributed by atoms with Crippen LogP contribution in [0.1, 0.15) is 440 Å². The highest BCUT2D eigenvalue weighted by atomic mass is 31.2. The van der Waals surface area contributed by atoms with Crippen LogP contribution in [0.5, 0.6) is 0 Å². The van der Waals surface area contributed by atoms with Gasteiger partial charge in [-0.1, -0.05) is 389 Å². The number of aliphatic hydroxyl groups excluding tert-OH is 1. The summed E-state index contributed by atoms with van der Waals surface area (Å²) in [5, 5.41) is 10.7. The van der Waals surface area contributed by atoms with E-state index in [0.29, 0.717) is 25.7 Å². The number of phosphoric acid groups is 2. The highest BCUT2D eigenvalue weighted by Gasteiger charge is 2.30. The zero-order valence-corrected chi connectivity index (χ0v) is 69.6. The summed E-state index contributed by atoms with van der Waals surface area (Å²) in [5.41, 5.74) is 0. The molecule has 0 aromatic heterocycles. The van der Waals surface area contributed by atoms with E-state index < -0.39 is 97.5 Å². The molecule has 0 bridgehead atoms. The quantitative estimate of drug-likeness (QED) is 0.0222. The fourth-order valence-corrected chi connectivity index (χ4v) is 14.5. The minimum atomic E-state index is -4.97. The van der Waals surface area contributed by atoms with Gasteiger partial charge in [0.05, 0.1) is 26.4 Å². The average molecular weight is 1510 g/mol. The first kappa shape index (κ1) is 101. The summed E-state index contributed by atoms with van der Waals surface area (Å²) in [6, 6.07) is 0. The molecule has 3 N–H and O–H groups in total. The summed E-state index contributed by atoms with van der Waals surface area (Å²) >= 11 is 0. The van der Waals surface area contributed by atoms with Crippen LogP contribution in [0.4, 0.5) is 0 Å². The SMILES string of the molecule is CCCCCCCCCCCCCCCC(=O)O[C@H](COC(=O)CCCCCCCCC(C)CC)COP(=O)(O)OC[C@H](O)COP(=O)(O)OC[C@@H](COC(=O)CCCCCCCCCCCCCCCCC(C)CC)OC(=O)CCCCCCCCCCCCCCCCCCCCC(C)CC. The van der Waals surface area contributed by atoms with Crippen LogP contribution in [0.3, 0.4) is 0 Å². The molecule has 0 aromatic carbocycles. The van der Waals surface area contributed by atoms with E-state index >= 15 is 0 Å². The lowest BCUT2D eigenvalue weighted by Gasteiger charge is -2.21. The van der Waals surface area contributed by atoms with E-state index in [0.717, 1.165) is 114 Å². The highest BCUT2D eigenvalue weighted by Crippen LogP contribution is 2.45. The molecule has 19 heteroatoms. The number of unbranched alkanes of at least 4 members (excludes halogenated alkanes) is 47. The Hall–Kier alpha value is -1.94. The first-order valence-corrected chi connectivity index (χ1v) is 46.5. The zero-order valence-electron chi connectivity index (χ0n) is 67.8. The van der Waals surface area contributed by atoms with Crippen LogP contribution in [0, 0.1) is 17.8 Å². The molecule has 17 nitrogen and oxygen atoms in total. The molecule has 0 heterocycles. The molecular weight excluding hydrogens is 1340 g/mol. The van der Waals surface area contributed by atoms with Crippen LogP contribution in [-0.2, 0) is 65.4 Å². The predicted molar refractivity (Wildman–Crippen MR) is 423 cm³/mol. The summed E-state index contributed by atoms with van der Waals surface area (Å²) in [6.45, 7) is 12.0. The Balaban J connectivity index is 5.22. The number of esters is 4. The Kier molecular flexibility index (Phi) is 72.8. The number of phosphoric ester groups is 2. The fraction of sp³-hybridized carbons (Fsp3) is 0.952. The largest absolute Gasteiger partial charge is 0.472 e. The summed E-state index contributed by atoms with van der Waals surface area (Å²) in [4.78, 5) is 73.1. The zero-order chi connectivity index (χ0) is 75.8. The molecule has 0 rings (SSSR count). The third kappa shape index (κ3) is 74.0. The van der Waals surface area contributed by atoms with Gasteiger partial charge in [0.25, 0.3) is 0 Å². The maximum atomic E-state index is 13.1. The molecule has 103 heavy (non-hydrogen) atoms. The summed E-state index contributed by atoms with van der Waals surface area (Å²) in [7, 11) is -9.92. The number of hydrogen-bond donors (Lipinski definition) is 3. The monoisotopic (exact) mass is 1510 g/mol. The second-order valence-electron chi connectivity index (χ2n) is 30.9. The van der Waals surface area contributed by atoms with Gasteiger partial charge in [-0.15, -0.1) is 0 Å². The highest BCUT2D eigenvalue weighted by molar-refractivity contribution is 7.47. The van der Waals surface area contributed by atoms with Gasteiger partial charge >= 0.3 is 39.5 Å². The third-order valence-electron chi connectivity index (χ3n) is 20.7. The van der Waals surface area contributed by atoms with Crippen molar-refractivity contribution < 1.29 is 80.2 Å². The smallest absolute Gasteiger partial charge is 0.462 e. The fourth-order valence-electron chi connectivity index (χ4n) is 12.9. The summed E-state index contributed by atoms with van der Waals surface area (Å²) < 4.78 is 68.8. The lowest BCUT2D eigenvalue weighted by molar-refractivity contribution is -0.161. The molecule has 0 aliphatic rings. The van der Waals surface area contributed by atoms with Crippen molar-refractivity contribution in [2.45, 2.75) is 458 Å². The number of ether oxygens (including phenoxy) is 4. The Morgan fingerprint density at radius 1 is 0.272 bits per heavy atom. The lowest BCUT2D eigenvalue weighted by Crippen LogP contribution is -2.30. The van der Waals surface area contributed by atoms with Crippen molar-refractivity contribution in [1.82, 2.24) is 0 Å². The molecule has 612 valence electrons. The van der Waals surface area contributed by atoms with Crippen molar-refractivity contribution in [2.24, 2.45) is 17.8 Å². The first-order valence-electron chi connectivity index (χ1n) is 43.5. The van der Waals surface area contributed by atoms with Crippen molar-refractivity contribution in [3.8, 4) is 0 Å². The number of hydrogen-bond acceptors (Lipinski definition) is 15. The number of carbonyl (C=O) groups is 4. The first-order chi connectivity index (χ1) is 49.8. The van der Waals surface area contributed by atoms with Crippen LogP contribution in [0.15, 0.2) is 0 Å². The van der Waals surface area contributed by atoms with Crippen LogP contribution < -0.4 is 0 Å². The average Bonchev–Trinajstić information content (AvgIpc) is 0.916. The predicted octanol–water partition coefficient (Wildman–Crippen LogP) is 25.3. The van der Waals surface area contributed by atoms with Gasteiger partial charge < -0.3 is 33.8 Å². The Labute approximate surface area is 632 Å². The van der Waals surface area contributed by atoms with Gasteiger partial charge in [-0.05, 0) is 43.4 Å². The maximum Gasteiger partial charge on any atom is 0.472 e. The van der Waals surface area contributed by atoms with Crippen molar-refractivity contribution in [3.63, 3.8) is 0 Å². The van der Waals surface area contributed by atoms with Crippen molar-refractivity contribution in [2.75, 3.05) is 39.6 Å². The molecule has 0 spiro atoms. The minimum Gasteiger partial charge on any atom is -0.462 e. The second kappa shape index (κ2) is 74.2. The third-order valence-corrected chi connectivity index (χ3v) is 22.6. The topological polar surface area (TPSA) is 237 Å². The summed E-state index contributed by atoms with van der Waals surface area (Å²) in [5.74, 6) is 0.344. The molecular formula is C84H164O17P2. The Morgan fingerprint density at radius 2 is 0.466 bits per heavy atom. The molecule has 5 unspecified atom stereocenters. The van der Waals surface area contributed by atoms with E-state index in [4.69, 9.17) is 37.0 Å². The van der Waals surface area contributed by atoms with Gasteiger partial charge in [-0.2, -0.15) is 0 Å². The van der Waals surface area contributed by atoms with Gasteiger partial charge in [-0.25, -0.2) is 9.13 Å². The van der Waals surface area contributed by atoms with Crippen molar-refractivity contribution in [3.05, 3.63) is 0 Å². The van der Waals surface area contributed by atoms with Gasteiger partial charge in [0, 0.05) is 25.7 Å². The molecule has 0 aromatic rings. The van der Waals surface area contributed by atoms with Crippen LogP contribution in [0.2, 0.25) is 0 Å². The maximum absolute atomic E-state index is 13.1. The van der Waals surface area contributed by atoms with Crippen LogP contribution >= 0.6 is 15.6 Å². The second-order valence-corrected chi connectivity index (χ2v) is 33.9. The van der Waals surface area contributed by atoms with Crippen molar-refractivity contribution in [1.29, 1.82) is 0 Å². The van der Waals surface area contributed by atoms with E-state index in [1.54, 1.807) is 0 Å². The molecule has 0 radical (unpaired) electrons. The van der Waals surface area contributed by atoms with E-state index in [2.05, 4.69) is 48.5 Å². The van der Waals surface area contributed by atoms with Gasteiger partial charge in [-0.3, -0.25) is 37.3 Å². The number of rotatable bonds is 82. The van der Waals surface area contributed by atoms with Crippen LogP contribution in [-0.4, -0.2) is 96.7 Å². The normalized spacial score (nSPS) is 14.7. The van der Waals surface area contributed by atoms with Gasteiger partial charge in [0.2, 0.25) is 0 Å². The molecule has 0 aliphatic carbocycles. The molecule has 0 saturated heterocycles. The Morgan fingerprint density at radius 3 is 0.689 bits per heavy atom. The molecule has 0 amide bonds. The number of carbonyl (C=O) groups excluding carboxylic acids is 4. The molecule has 0 aliphatic heterocycles. The van der Waals surface area contributed by atoms with E-state index in [1.807, 2.05) is 0 Å². The minimum absolute atomic E-state index is 0.107. The molecule has 0 fully saturated rings. The van der Waals surface area contributed by atoms with E-state index in [-0.39, 0.29) is 25.7 Å². The Bertz CT molecular complexity index is 2000. The molecule has 8 atom stereocenters. The lowest BCUT2D eigenvalue weighted by atomic mass is 9.99. The van der Waals surface area contributed by atoms with Gasteiger partial charge in [0.1, 0.15) is 19.3 Å².